The first kappa shape index (κ1) is 16.9. The Morgan fingerprint density at radius 2 is 0.923 bits per heavy atom. The Bertz CT molecular complexity index is 881. The highest BCUT2D eigenvalue weighted by atomic mass is 16.6. The van der Waals surface area contributed by atoms with Crippen molar-refractivity contribution in [1.29, 1.82) is 0 Å². The van der Waals surface area contributed by atoms with Crippen molar-refractivity contribution in [2.45, 2.75) is 0 Å². The molecule has 8 nitrogen and oxygen atoms in total. The predicted octanol–water partition coefficient (Wildman–Crippen LogP) is 4.68. The minimum atomic E-state index is -0.486. The maximum absolute atomic E-state index is 10.9. The fourth-order valence-corrected chi connectivity index (χ4v) is 2.50. The normalized spacial score (nSPS) is 10.3. The van der Waals surface area contributed by atoms with Gasteiger partial charge < -0.3 is 10.0 Å². The molecule has 0 amide bonds. The molecule has 26 heavy (non-hydrogen) atoms. The average Bonchev–Trinajstić information content (AvgIpc) is 2.64. The zero-order chi connectivity index (χ0) is 18.7. The van der Waals surface area contributed by atoms with E-state index in [1.165, 1.54) is 36.4 Å². The van der Waals surface area contributed by atoms with Crippen LogP contribution in [-0.2, 0) is 0 Å². The molecule has 0 heterocycles. The standard InChI is InChI=1S/C18H13N3O5/c22-18-11-9-15(10-12-18)19(13-1-5-16(6-2-13)20(23)24)14-3-7-17(8-4-14)21(25)26/h1-12,22H. The molecule has 130 valence electrons. The van der Waals surface area contributed by atoms with Crippen LogP contribution in [0.2, 0.25) is 0 Å². The van der Waals surface area contributed by atoms with Gasteiger partial charge >= 0.3 is 0 Å². The summed E-state index contributed by atoms with van der Waals surface area (Å²) >= 11 is 0. The van der Waals surface area contributed by atoms with Crippen LogP contribution in [0.15, 0.2) is 72.8 Å². The van der Waals surface area contributed by atoms with Gasteiger partial charge in [-0.1, -0.05) is 0 Å². The molecular formula is C18H13N3O5. The van der Waals surface area contributed by atoms with Crippen molar-refractivity contribution in [2.75, 3.05) is 4.90 Å². The van der Waals surface area contributed by atoms with E-state index in [0.29, 0.717) is 17.1 Å². The fraction of sp³-hybridized carbons (Fsp3) is 0. The smallest absolute Gasteiger partial charge is 0.269 e. The van der Waals surface area contributed by atoms with Crippen LogP contribution >= 0.6 is 0 Å². The molecule has 0 fully saturated rings. The molecule has 0 saturated heterocycles. The maximum Gasteiger partial charge on any atom is 0.269 e. The van der Waals surface area contributed by atoms with Gasteiger partial charge in [0.2, 0.25) is 0 Å². The van der Waals surface area contributed by atoms with Crippen molar-refractivity contribution >= 4 is 28.4 Å². The predicted molar refractivity (Wildman–Crippen MR) is 96.1 cm³/mol. The van der Waals surface area contributed by atoms with Gasteiger partial charge in [-0.05, 0) is 48.5 Å². The Balaban J connectivity index is 2.08. The van der Waals surface area contributed by atoms with Gasteiger partial charge in [0.05, 0.1) is 9.85 Å². The summed E-state index contributed by atoms with van der Waals surface area (Å²) < 4.78 is 0. The Hall–Kier alpha value is -3.94. The average molecular weight is 351 g/mol. The van der Waals surface area contributed by atoms with Gasteiger partial charge in [0.15, 0.2) is 0 Å². The molecule has 0 saturated carbocycles. The number of hydrogen-bond donors (Lipinski definition) is 1. The number of hydrogen-bond acceptors (Lipinski definition) is 6. The number of aromatic hydroxyl groups is 1. The van der Waals surface area contributed by atoms with Crippen molar-refractivity contribution in [3.63, 3.8) is 0 Å². The molecular weight excluding hydrogens is 338 g/mol. The van der Waals surface area contributed by atoms with E-state index in [-0.39, 0.29) is 17.1 Å². The summed E-state index contributed by atoms with van der Waals surface area (Å²) in [7, 11) is 0. The van der Waals surface area contributed by atoms with Gasteiger partial charge in [-0.15, -0.1) is 0 Å². The lowest BCUT2D eigenvalue weighted by molar-refractivity contribution is -0.385. The molecule has 0 aliphatic rings. The van der Waals surface area contributed by atoms with E-state index < -0.39 is 9.85 Å². The molecule has 0 aromatic heterocycles. The third kappa shape index (κ3) is 3.44. The van der Waals surface area contributed by atoms with Crippen molar-refractivity contribution < 1.29 is 15.0 Å². The van der Waals surface area contributed by atoms with Crippen LogP contribution in [0.1, 0.15) is 0 Å². The second kappa shape index (κ2) is 6.89. The number of rotatable bonds is 5. The molecule has 0 unspecified atom stereocenters. The Morgan fingerprint density at radius 1 is 0.615 bits per heavy atom. The lowest BCUT2D eigenvalue weighted by Crippen LogP contribution is -2.09. The minimum Gasteiger partial charge on any atom is -0.508 e. The SMILES string of the molecule is O=[N+]([O-])c1ccc(N(c2ccc(O)cc2)c2ccc([N+](=O)[O-])cc2)cc1. The van der Waals surface area contributed by atoms with Crippen LogP contribution in [0.4, 0.5) is 28.4 Å². The molecule has 0 aliphatic heterocycles. The number of anilines is 3. The largest absolute Gasteiger partial charge is 0.508 e. The van der Waals surface area contributed by atoms with Crippen molar-refractivity contribution in [1.82, 2.24) is 0 Å². The van der Waals surface area contributed by atoms with Gasteiger partial charge in [-0.25, -0.2) is 0 Å². The first-order chi connectivity index (χ1) is 12.5. The van der Waals surface area contributed by atoms with E-state index in [4.69, 9.17) is 0 Å². The van der Waals surface area contributed by atoms with Gasteiger partial charge in [0, 0.05) is 41.3 Å². The maximum atomic E-state index is 10.9. The van der Waals surface area contributed by atoms with Crippen molar-refractivity contribution in [3.05, 3.63) is 93.0 Å². The summed E-state index contributed by atoms with van der Waals surface area (Å²) in [6.45, 7) is 0. The summed E-state index contributed by atoms with van der Waals surface area (Å²) in [5.41, 5.74) is 1.88. The Labute approximate surface area is 147 Å². The van der Waals surface area contributed by atoms with Crippen LogP contribution in [-0.4, -0.2) is 15.0 Å². The van der Waals surface area contributed by atoms with E-state index in [1.807, 2.05) is 0 Å². The molecule has 0 bridgehead atoms. The number of nitro groups is 2. The number of phenolic OH excluding ortho intramolecular Hbond substituents is 1. The molecule has 0 spiro atoms. The molecule has 0 radical (unpaired) electrons. The van der Waals surface area contributed by atoms with Crippen LogP contribution in [0, 0.1) is 20.2 Å². The van der Waals surface area contributed by atoms with Crippen LogP contribution in [0.5, 0.6) is 5.75 Å². The second-order valence-corrected chi connectivity index (χ2v) is 5.40. The number of benzene rings is 3. The third-order valence-corrected chi connectivity index (χ3v) is 3.75. The Morgan fingerprint density at radius 3 is 1.23 bits per heavy atom. The summed E-state index contributed by atoms with van der Waals surface area (Å²) in [5, 5.41) is 31.2. The third-order valence-electron chi connectivity index (χ3n) is 3.75. The monoisotopic (exact) mass is 351 g/mol. The van der Waals surface area contributed by atoms with E-state index in [2.05, 4.69) is 0 Å². The number of nitrogens with zero attached hydrogens (tertiary/aromatic N) is 3. The van der Waals surface area contributed by atoms with Gasteiger partial charge in [-0.3, -0.25) is 20.2 Å². The van der Waals surface area contributed by atoms with Crippen molar-refractivity contribution in [3.8, 4) is 5.75 Å². The second-order valence-electron chi connectivity index (χ2n) is 5.40. The Kier molecular flexibility index (Phi) is 4.48. The molecule has 8 heteroatoms. The van der Waals surface area contributed by atoms with Gasteiger partial charge in [0.1, 0.15) is 5.75 Å². The minimum absolute atomic E-state index is 0.0388. The molecule has 1 N–H and O–H groups in total. The number of phenols is 1. The van der Waals surface area contributed by atoms with Crippen LogP contribution < -0.4 is 4.90 Å². The van der Waals surface area contributed by atoms with Crippen LogP contribution in [0.25, 0.3) is 0 Å². The van der Waals surface area contributed by atoms with E-state index in [0.717, 1.165) is 0 Å². The molecule has 3 rings (SSSR count). The highest BCUT2D eigenvalue weighted by molar-refractivity contribution is 5.77. The number of nitro benzene ring substituents is 2. The zero-order valence-corrected chi connectivity index (χ0v) is 13.4. The van der Waals surface area contributed by atoms with E-state index >= 15 is 0 Å². The summed E-state index contributed by atoms with van der Waals surface area (Å²) in [4.78, 5) is 22.5. The molecule has 3 aromatic rings. The topological polar surface area (TPSA) is 110 Å². The quantitative estimate of drug-likeness (QED) is 0.528. The van der Waals surface area contributed by atoms with E-state index in [9.17, 15) is 25.3 Å². The fourth-order valence-electron chi connectivity index (χ4n) is 2.50. The zero-order valence-electron chi connectivity index (χ0n) is 13.4. The van der Waals surface area contributed by atoms with Gasteiger partial charge in [0.25, 0.3) is 11.4 Å². The van der Waals surface area contributed by atoms with E-state index in [1.54, 1.807) is 41.3 Å². The molecule has 3 aromatic carbocycles. The molecule has 0 aliphatic carbocycles. The number of non-ortho nitro benzene ring substituents is 2. The summed E-state index contributed by atoms with van der Waals surface area (Å²) in [6, 6.07) is 18.3. The first-order valence-electron chi connectivity index (χ1n) is 7.54. The van der Waals surface area contributed by atoms with Crippen LogP contribution in [0.3, 0.4) is 0 Å². The molecule has 0 atom stereocenters. The first-order valence-corrected chi connectivity index (χ1v) is 7.54. The highest BCUT2D eigenvalue weighted by Gasteiger charge is 2.15. The summed E-state index contributed by atoms with van der Waals surface area (Å²) in [6.07, 6.45) is 0. The lowest BCUT2D eigenvalue weighted by atomic mass is 10.1. The van der Waals surface area contributed by atoms with Crippen molar-refractivity contribution in [2.24, 2.45) is 0 Å². The lowest BCUT2D eigenvalue weighted by Gasteiger charge is -2.25. The van der Waals surface area contributed by atoms with Gasteiger partial charge in [-0.2, -0.15) is 0 Å². The summed E-state index contributed by atoms with van der Waals surface area (Å²) in [5.74, 6) is 0.0982. The highest BCUT2D eigenvalue weighted by Crippen LogP contribution is 2.36.